The molecule has 19 heteroatoms. The predicted molar refractivity (Wildman–Crippen MR) is 214 cm³/mol. The molecule has 18 nitrogen and oxygen atoms in total. The molecule has 0 aliphatic rings. The number of carbonyl (C=O) groups is 4. The second-order valence-electron chi connectivity index (χ2n) is 12.7. The van der Waals surface area contributed by atoms with Crippen LogP contribution in [0.1, 0.15) is 65.6 Å². The minimum absolute atomic E-state index is 0.0162. The van der Waals surface area contributed by atoms with E-state index in [-0.39, 0.29) is 54.2 Å². The molecule has 0 spiro atoms. The van der Waals surface area contributed by atoms with Crippen LogP contribution in [-0.4, -0.2) is 87.9 Å². The summed E-state index contributed by atoms with van der Waals surface area (Å²) in [6.07, 6.45) is 4.36. The van der Waals surface area contributed by atoms with E-state index >= 15 is 0 Å². The van der Waals surface area contributed by atoms with E-state index in [0.717, 1.165) is 11.5 Å². The number of nitrogens with one attached hydrogen (secondary N) is 3. The van der Waals surface area contributed by atoms with Crippen molar-refractivity contribution in [3.05, 3.63) is 81.6 Å². The molecule has 0 saturated carbocycles. The number of aryl methyl sites for hydroxylation is 3. The molecule has 0 aliphatic carbocycles. The first kappa shape index (κ1) is 40.7. The number of rotatable bonds is 19. The molecule has 3 heterocycles. The third-order valence-electron chi connectivity index (χ3n) is 8.57. The quantitative estimate of drug-likeness (QED) is 0.0306. The Hall–Kier alpha value is -6.47. The Labute approximate surface area is 327 Å². The number of benzene rings is 2. The summed E-state index contributed by atoms with van der Waals surface area (Å²) in [4.78, 5) is 57.9. The lowest BCUT2D eigenvalue weighted by atomic mass is 10.1. The van der Waals surface area contributed by atoms with Gasteiger partial charge < -0.3 is 46.8 Å². The molecule has 0 atom stereocenters. The summed E-state index contributed by atoms with van der Waals surface area (Å²) >= 11 is 1.06. The molecule has 2 aromatic carbocycles. The zero-order valence-corrected chi connectivity index (χ0v) is 32.7. The van der Waals surface area contributed by atoms with E-state index in [0.29, 0.717) is 70.5 Å². The summed E-state index contributed by atoms with van der Waals surface area (Å²) in [5.74, 6) is -1.28. The smallest absolute Gasteiger partial charge is 0.270 e. The van der Waals surface area contributed by atoms with Gasteiger partial charge in [-0.05, 0) is 88.7 Å². The maximum Gasteiger partial charge on any atom is 0.270 e. The number of anilines is 3. The number of methoxy groups -OCH3 is 1. The van der Waals surface area contributed by atoms with Gasteiger partial charge in [0.05, 0.1) is 43.0 Å². The van der Waals surface area contributed by atoms with E-state index in [1.807, 2.05) is 33.0 Å². The second kappa shape index (κ2) is 18.2. The standard InChI is InChI=1S/C37H46N12O6S/c1-6-49-27(14-21(2)45-49)35(52)42-20-47(31-25(38)16-23(33(39)50)18-28(31)54-5)11-7-8-12-48-32-26(43-37(48)44-36(53)30-15-22(3)46-56-30)17-24(34(40)51)19-29(32)55-13-9-10-41-4/h7-8,14-19,41H,6,9-13,20,38H2,1-5H3,(H2,39,50)(H2,40,51)(H,42,52)(H,43,44,53)/b8-7+. The molecule has 3 aromatic heterocycles. The van der Waals surface area contributed by atoms with Crippen LogP contribution in [0.3, 0.4) is 0 Å². The molecule has 0 aliphatic heterocycles. The average Bonchev–Trinajstić information content (AvgIpc) is 3.88. The third kappa shape index (κ3) is 9.42. The first-order valence-corrected chi connectivity index (χ1v) is 18.5. The number of aromatic nitrogens is 5. The lowest BCUT2D eigenvalue weighted by Gasteiger charge is -2.27. The van der Waals surface area contributed by atoms with Crippen molar-refractivity contribution >= 4 is 63.5 Å². The molecule has 296 valence electrons. The van der Waals surface area contributed by atoms with Crippen molar-refractivity contribution in [1.82, 2.24) is 34.3 Å². The van der Waals surface area contributed by atoms with Gasteiger partial charge in [-0.1, -0.05) is 12.2 Å². The fraction of sp³-hybridized carbons (Fsp3) is 0.324. The van der Waals surface area contributed by atoms with E-state index < -0.39 is 17.7 Å². The number of nitrogens with zero attached hydrogens (tertiary/aromatic N) is 6. The van der Waals surface area contributed by atoms with Gasteiger partial charge in [0, 0.05) is 30.8 Å². The van der Waals surface area contributed by atoms with Crippen LogP contribution in [0.5, 0.6) is 11.5 Å². The first-order valence-electron chi connectivity index (χ1n) is 17.7. The number of ether oxygens (including phenoxy) is 2. The second-order valence-corrected chi connectivity index (χ2v) is 13.5. The van der Waals surface area contributed by atoms with Crippen LogP contribution >= 0.6 is 11.5 Å². The maximum atomic E-state index is 13.4. The molecule has 0 radical (unpaired) electrons. The summed E-state index contributed by atoms with van der Waals surface area (Å²) < 4.78 is 19.4. The van der Waals surface area contributed by atoms with Crippen molar-refractivity contribution in [2.75, 3.05) is 56.5 Å². The van der Waals surface area contributed by atoms with Gasteiger partial charge in [-0.3, -0.25) is 29.2 Å². The van der Waals surface area contributed by atoms with Crippen LogP contribution in [0, 0.1) is 13.8 Å². The highest BCUT2D eigenvalue weighted by Gasteiger charge is 2.23. The van der Waals surface area contributed by atoms with Gasteiger partial charge in [0.25, 0.3) is 11.8 Å². The van der Waals surface area contributed by atoms with Gasteiger partial charge >= 0.3 is 0 Å². The zero-order chi connectivity index (χ0) is 40.5. The molecular formula is C37H46N12O6S. The highest BCUT2D eigenvalue weighted by atomic mass is 32.1. The van der Waals surface area contributed by atoms with Crippen LogP contribution < -0.4 is 47.5 Å². The summed E-state index contributed by atoms with van der Waals surface area (Å²) in [5, 5.41) is 13.3. The normalized spacial score (nSPS) is 11.2. The number of fused-ring (bicyclic) bond motifs is 1. The lowest BCUT2D eigenvalue weighted by Crippen LogP contribution is -2.39. The van der Waals surface area contributed by atoms with Crippen LogP contribution in [0.2, 0.25) is 0 Å². The zero-order valence-electron chi connectivity index (χ0n) is 31.8. The number of hydrogen-bond acceptors (Lipinski definition) is 13. The van der Waals surface area contributed by atoms with Gasteiger partial charge in [-0.25, -0.2) is 4.98 Å². The van der Waals surface area contributed by atoms with Crippen molar-refractivity contribution < 1.29 is 28.7 Å². The molecule has 0 saturated heterocycles. The van der Waals surface area contributed by atoms with Crippen molar-refractivity contribution in [3.8, 4) is 11.5 Å². The summed E-state index contributed by atoms with van der Waals surface area (Å²) in [6, 6.07) is 9.42. The van der Waals surface area contributed by atoms with Crippen molar-refractivity contribution in [2.24, 2.45) is 11.5 Å². The Kier molecular flexibility index (Phi) is 13.3. The molecular weight excluding hydrogens is 741 g/mol. The molecule has 9 N–H and O–H groups in total. The summed E-state index contributed by atoms with van der Waals surface area (Å²) in [7, 11) is 3.28. The van der Waals surface area contributed by atoms with E-state index in [1.165, 1.54) is 19.2 Å². The number of primary amides is 2. The van der Waals surface area contributed by atoms with Gasteiger partial charge in [0.1, 0.15) is 33.3 Å². The molecule has 4 amide bonds. The largest absolute Gasteiger partial charge is 0.494 e. The van der Waals surface area contributed by atoms with Gasteiger partial charge in [0.15, 0.2) is 0 Å². The van der Waals surface area contributed by atoms with Crippen LogP contribution in [0.15, 0.2) is 48.6 Å². The fourth-order valence-electron chi connectivity index (χ4n) is 5.93. The Morgan fingerprint density at radius 2 is 1.70 bits per heavy atom. The topological polar surface area (TPSA) is 253 Å². The first-order chi connectivity index (χ1) is 26.8. The van der Waals surface area contributed by atoms with E-state index in [9.17, 15) is 19.2 Å². The molecule has 56 heavy (non-hydrogen) atoms. The number of hydrogen-bond donors (Lipinski definition) is 6. The molecule has 0 unspecified atom stereocenters. The van der Waals surface area contributed by atoms with Gasteiger partial charge in [-0.2, -0.15) is 9.47 Å². The molecule has 0 bridgehead atoms. The number of carbonyl (C=O) groups excluding carboxylic acids is 4. The summed E-state index contributed by atoms with van der Waals surface area (Å²) in [6.45, 7) is 7.38. The number of allylic oxidation sites excluding steroid dienone is 1. The summed E-state index contributed by atoms with van der Waals surface area (Å²) in [5.41, 5.74) is 21.4. The van der Waals surface area contributed by atoms with Crippen LogP contribution in [0.4, 0.5) is 17.3 Å². The monoisotopic (exact) mass is 786 g/mol. The highest BCUT2D eigenvalue weighted by Crippen LogP contribution is 2.36. The predicted octanol–water partition coefficient (Wildman–Crippen LogP) is 2.81. The Bertz CT molecular complexity index is 2280. The maximum absolute atomic E-state index is 13.4. The van der Waals surface area contributed by atoms with E-state index in [2.05, 4.69) is 25.4 Å². The fourth-order valence-corrected chi connectivity index (χ4v) is 6.58. The number of imidazole rings is 1. The Morgan fingerprint density at radius 1 is 0.964 bits per heavy atom. The highest BCUT2D eigenvalue weighted by molar-refractivity contribution is 7.08. The number of nitrogens with two attached hydrogens (primary N) is 3. The van der Waals surface area contributed by atoms with Crippen molar-refractivity contribution in [1.29, 1.82) is 0 Å². The minimum Gasteiger partial charge on any atom is -0.494 e. The third-order valence-corrected chi connectivity index (χ3v) is 9.45. The Balaban J connectivity index is 1.51. The van der Waals surface area contributed by atoms with Crippen LogP contribution in [-0.2, 0) is 13.1 Å². The van der Waals surface area contributed by atoms with Crippen LogP contribution in [0.25, 0.3) is 11.0 Å². The van der Waals surface area contributed by atoms with Gasteiger partial charge in [-0.15, -0.1) is 0 Å². The van der Waals surface area contributed by atoms with Crippen molar-refractivity contribution in [3.63, 3.8) is 0 Å². The van der Waals surface area contributed by atoms with Gasteiger partial charge in [0.2, 0.25) is 17.8 Å². The molecule has 5 aromatic rings. The molecule has 0 fully saturated rings. The van der Waals surface area contributed by atoms with E-state index in [4.69, 9.17) is 31.7 Å². The minimum atomic E-state index is -0.682. The van der Waals surface area contributed by atoms with E-state index in [1.54, 1.807) is 45.3 Å². The average molecular weight is 787 g/mol. The Morgan fingerprint density at radius 3 is 2.36 bits per heavy atom. The number of amides is 4. The SMILES string of the molecule is CCn1nc(C)cc1C(=O)NCN(C/C=C/Cn1c(NC(=O)c2cc(C)ns2)nc2cc(C(N)=O)cc(OCCCNC)c21)c1c(N)cc(C(N)=O)cc1OC. The molecule has 5 rings (SSSR count). The lowest BCUT2D eigenvalue weighted by molar-refractivity contribution is 0.0940. The number of nitrogen functional groups attached to an aromatic ring is 1. The van der Waals surface area contributed by atoms with Crippen molar-refractivity contribution in [2.45, 2.75) is 40.3 Å².